The lowest BCUT2D eigenvalue weighted by Gasteiger charge is -2.28. The normalized spacial score (nSPS) is 13.0. The molecule has 0 fully saturated rings. The number of benzene rings is 1. The maximum absolute atomic E-state index is 5.60. The van der Waals surface area contributed by atoms with E-state index in [1.165, 1.54) is 24.0 Å². The minimum absolute atomic E-state index is 0.516. The van der Waals surface area contributed by atoms with Gasteiger partial charge in [0.25, 0.3) is 0 Å². The summed E-state index contributed by atoms with van der Waals surface area (Å²) >= 11 is 0. The molecule has 20 heavy (non-hydrogen) atoms. The molecule has 1 aromatic carbocycles. The molecule has 0 amide bonds. The van der Waals surface area contributed by atoms with Crippen LogP contribution in [-0.4, -0.2) is 19.7 Å². The van der Waals surface area contributed by atoms with Gasteiger partial charge in [0.2, 0.25) is 0 Å². The van der Waals surface area contributed by atoms with Crippen LogP contribution in [0.15, 0.2) is 18.2 Å². The predicted molar refractivity (Wildman–Crippen MR) is 87.7 cm³/mol. The summed E-state index contributed by atoms with van der Waals surface area (Å²) in [7, 11) is 1.77. The lowest BCUT2D eigenvalue weighted by atomic mass is 9.81. The summed E-state index contributed by atoms with van der Waals surface area (Å²) in [5.41, 5.74) is 2.66. The van der Waals surface area contributed by atoms with Gasteiger partial charge in [0.1, 0.15) is 5.75 Å². The van der Waals surface area contributed by atoms with E-state index in [9.17, 15) is 0 Å². The van der Waals surface area contributed by atoms with Gasteiger partial charge in [-0.1, -0.05) is 58.2 Å². The second kappa shape index (κ2) is 8.31. The van der Waals surface area contributed by atoms with E-state index in [4.69, 9.17) is 4.74 Å². The van der Waals surface area contributed by atoms with Crippen molar-refractivity contribution in [3.63, 3.8) is 0 Å². The van der Waals surface area contributed by atoms with Gasteiger partial charge in [-0.05, 0) is 24.5 Å². The number of methoxy groups -OCH3 is 1. The summed E-state index contributed by atoms with van der Waals surface area (Å²) in [6, 6.07) is 7.05. The van der Waals surface area contributed by atoms with Crippen LogP contribution in [0, 0.1) is 12.8 Å². The Morgan fingerprint density at radius 3 is 2.30 bits per heavy atom. The molecular weight excluding hydrogens is 246 g/mol. The highest BCUT2D eigenvalue weighted by Gasteiger charge is 2.23. The van der Waals surface area contributed by atoms with Gasteiger partial charge in [-0.25, -0.2) is 0 Å². The van der Waals surface area contributed by atoms with Gasteiger partial charge in [-0.15, -0.1) is 0 Å². The molecule has 1 N–H and O–H groups in total. The zero-order chi connectivity index (χ0) is 15.1. The smallest absolute Gasteiger partial charge is 0.122 e. The molecule has 0 radical (unpaired) electrons. The van der Waals surface area contributed by atoms with Crippen molar-refractivity contribution in [2.24, 2.45) is 5.92 Å². The highest BCUT2D eigenvalue weighted by atomic mass is 16.5. The highest BCUT2D eigenvalue weighted by Crippen LogP contribution is 2.35. The molecular formula is C18H31NO. The van der Waals surface area contributed by atoms with E-state index in [0.29, 0.717) is 17.9 Å². The van der Waals surface area contributed by atoms with E-state index in [-0.39, 0.29) is 0 Å². The van der Waals surface area contributed by atoms with E-state index in [0.717, 1.165) is 12.3 Å². The Hall–Kier alpha value is -1.02. The first-order valence-corrected chi connectivity index (χ1v) is 7.91. The molecule has 114 valence electrons. The van der Waals surface area contributed by atoms with E-state index < -0.39 is 0 Å². The molecule has 0 aliphatic heterocycles. The van der Waals surface area contributed by atoms with Gasteiger partial charge in [0.05, 0.1) is 7.11 Å². The zero-order valence-electron chi connectivity index (χ0n) is 14.0. The molecule has 1 atom stereocenters. The summed E-state index contributed by atoms with van der Waals surface area (Å²) in [5.74, 6) is 2.23. The fourth-order valence-corrected chi connectivity index (χ4v) is 2.89. The van der Waals surface area contributed by atoms with Crippen LogP contribution in [-0.2, 0) is 0 Å². The molecule has 0 heterocycles. The van der Waals surface area contributed by atoms with Gasteiger partial charge in [0.15, 0.2) is 0 Å². The van der Waals surface area contributed by atoms with Crippen LogP contribution in [0.3, 0.4) is 0 Å². The zero-order valence-corrected chi connectivity index (χ0v) is 14.0. The SMILES string of the molecule is CCC(CC)C(CNC(C)C)c1cc(C)ccc1OC. The molecule has 0 aromatic heterocycles. The van der Waals surface area contributed by atoms with Crippen LogP contribution in [0.5, 0.6) is 5.75 Å². The largest absolute Gasteiger partial charge is 0.496 e. The maximum atomic E-state index is 5.60. The third-order valence-corrected chi connectivity index (χ3v) is 4.15. The quantitative estimate of drug-likeness (QED) is 0.754. The minimum Gasteiger partial charge on any atom is -0.496 e. The molecule has 1 rings (SSSR count). The van der Waals surface area contributed by atoms with E-state index in [2.05, 4.69) is 58.1 Å². The van der Waals surface area contributed by atoms with Gasteiger partial charge in [0, 0.05) is 18.5 Å². The van der Waals surface area contributed by atoms with Crippen LogP contribution in [0.4, 0.5) is 0 Å². The molecule has 0 saturated carbocycles. The van der Waals surface area contributed by atoms with Gasteiger partial charge >= 0.3 is 0 Å². The Morgan fingerprint density at radius 1 is 1.15 bits per heavy atom. The molecule has 0 aliphatic carbocycles. The average molecular weight is 277 g/mol. The van der Waals surface area contributed by atoms with Gasteiger partial charge < -0.3 is 10.1 Å². The number of rotatable bonds is 8. The number of hydrogen-bond donors (Lipinski definition) is 1. The van der Waals surface area contributed by atoms with E-state index in [1.807, 2.05) is 0 Å². The first-order chi connectivity index (χ1) is 9.53. The lowest BCUT2D eigenvalue weighted by Crippen LogP contribution is -2.31. The fourth-order valence-electron chi connectivity index (χ4n) is 2.89. The van der Waals surface area contributed by atoms with Gasteiger partial charge in [-0.3, -0.25) is 0 Å². The van der Waals surface area contributed by atoms with Crippen molar-refractivity contribution in [3.05, 3.63) is 29.3 Å². The molecule has 0 aliphatic rings. The number of ether oxygens (including phenoxy) is 1. The van der Waals surface area contributed by atoms with Crippen LogP contribution in [0.25, 0.3) is 0 Å². The first kappa shape index (κ1) is 17.0. The Bertz CT molecular complexity index is 396. The minimum atomic E-state index is 0.516. The molecule has 1 unspecified atom stereocenters. The maximum Gasteiger partial charge on any atom is 0.122 e. The van der Waals surface area contributed by atoms with Gasteiger partial charge in [-0.2, -0.15) is 0 Å². The first-order valence-electron chi connectivity index (χ1n) is 7.91. The molecule has 1 aromatic rings. The summed E-state index contributed by atoms with van der Waals surface area (Å²) in [4.78, 5) is 0. The van der Waals surface area contributed by atoms with E-state index in [1.54, 1.807) is 7.11 Å². The predicted octanol–water partition coefficient (Wildman–Crippen LogP) is 4.52. The summed E-state index contributed by atoms with van der Waals surface area (Å²) < 4.78 is 5.60. The second-order valence-electron chi connectivity index (χ2n) is 5.99. The third-order valence-electron chi connectivity index (χ3n) is 4.15. The van der Waals surface area contributed by atoms with Crippen molar-refractivity contribution in [2.45, 2.75) is 59.4 Å². The standard InChI is InChI=1S/C18H31NO/c1-7-15(8-2)17(12-19-13(3)4)16-11-14(5)9-10-18(16)20-6/h9-11,13,15,17,19H,7-8,12H2,1-6H3. The van der Waals surface area contributed by atoms with Crippen LogP contribution >= 0.6 is 0 Å². The molecule has 2 nitrogen and oxygen atoms in total. The molecule has 0 saturated heterocycles. The summed E-state index contributed by atoms with van der Waals surface area (Å²) in [5, 5.41) is 3.61. The van der Waals surface area contributed by atoms with Crippen molar-refractivity contribution in [3.8, 4) is 5.75 Å². The number of hydrogen-bond acceptors (Lipinski definition) is 2. The molecule has 0 bridgehead atoms. The third kappa shape index (κ3) is 4.52. The monoisotopic (exact) mass is 277 g/mol. The topological polar surface area (TPSA) is 21.3 Å². The van der Waals surface area contributed by atoms with Crippen LogP contribution in [0.2, 0.25) is 0 Å². The molecule has 0 spiro atoms. The van der Waals surface area contributed by atoms with Crippen LogP contribution < -0.4 is 10.1 Å². The lowest BCUT2D eigenvalue weighted by molar-refractivity contribution is 0.350. The van der Waals surface area contributed by atoms with Crippen molar-refractivity contribution in [1.82, 2.24) is 5.32 Å². The number of nitrogens with one attached hydrogen (secondary N) is 1. The Morgan fingerprint density at radius 2 is 1.80 bits per heavy atom. The van der Waals surface area contributed by atoms with Crippen molar-refractivity contribution in [2.75, 3.05) is 13.7 Å². The second-order valence-corrected chi connectivity index (χ2v) is 5.99. The summed E-state index contributed by atoms with van der Waals surface area (Å²) in [6.45, 7) is 12.2. The fraction of sp³-hybridized carbons (Fsp3) is 0.667. The average Bonchev–Trinajstić information content (AvgIpc) is 2.43. The number of aryl methyl sites for hydroxylation is 1. The highest BCUT2D eigenvalue weighted by molar-refractivity contribution is 5.40. The Kier molecular flexibility index (Phi) is 7.08. The van der Waals surface area contributed by atoms with Crippen molar-refractivity contribution >= 4 is 0 Å². The van der Waals surface area contributed by atoms with Crippen molar-refractivity contribution in [1.29, 1.82) is 0 Å². The van der Waals surface area contributed by atoms with Crippen molar-refractivity contribution < 1.29 is 4.74 Å². The Labute approximate surface area is 124 Å². The molecule has 2 heteroatoms. The summed E-state index contributed by atoms with van der Waals surface area (Å²) in [6.07, 6.45) is 2.41. The Balaban J connectivity index is 3.10. The van der Waals surface area contributed by atoms with Crippen LogP contribution in [0.1, 0.15) is 57.6 Å². The van der Waals surface area contributed by atoms with E-state index >= 15 is 0 Å².